The minimum Gasteiger partial charge on any atom is -0.103 e. The molecule has 0 aromatic carbocycles. The van der Waals surface area contributed by atoms with Crippen molar-refractivity contribution in [3.05, 3.63) is 12.7 Å². The number of hydrogen-bond acceptors (Lipinski definition) is 0. The molecule has 0 aliphatic heterocycles. The van der Waals surface area contributed by atoms with Crippen LogP contribution < -0.4 is 0 Å². The number of allylic oxidation sites excluding steroid dienone is 1. The van der Waals surface area contributed by atoms with Gasteiger partial charge in [0.2, 0.25) is 0 Å². The van der Waals surface area contributed by atoms with Gasteiger partial charge in [0.05, 0.1) is 0 Å². The lowest BCUT2D eigenvalue weighted by Crippen LogP contribution is -2.15. The molecule has 96 valence electrons. The highest BCUT2D eigenvalue weighted by Crippen LogP contribution is 2.29. The molecule has 16 heavy (non-hydrogen) atoms. The molecule has 0 aromatic rings. The van der Waals surface area contributed by atoms with Gasteiger partial charge < -0.3 is 0 Å². The largest absolute Gasteiger partial charge is 0.103 e. The van der Waals surface area contributed by atoms with Gasteiger partial charge in [0.25, 0.3) is 0 Å². The fourth-order valence-corrected chi connectivity index (χ4v) is 2.61. The maximum Gasteiger partial charge on any atom is -0.0208 e. The number of rotatable bonds is 9. The van der Waals surface area contributed by atoms with Crippen LogP contribution in [0.15, 0.2) is 12.7 Å². The standard InChI is InChI=1S/C16H32/c1-7-10-14(5)11-15(6)16(9-3)12-13(4)8-2/h9,13-16H,3,7-8,10-12H2,1-2,4-6H3. The molecule has 0 heteroatoms. The Bertz CT molecular complexity index is 171. The summed E-state index contributed by atoms with van der Waals surface area (Å²) in [5, 5.41) is 0. The third kappa shape index (κ3) is 6.35. The molecule has 0 spiro atoms. The summed E-state index contributed by atoms with van der Waals surface area (Å²) >= 11 is 0. The van der Waals surface area contributed by atoms with Crippen LogP contribution in [0.4, 0.5) is 0 Å². The van der Waals surface area contributed by atoms with Gasteiger partial charge in [0.15, 0.2) is 0 Å². The molecule has 0 N–H and O–H groups in total. The monoisotopic (exact) mass is 224 g/mol. The highest BCUT2D eigenvalue weighted by Gasteiger charge is 2.18. The molecule has 0 saturated heterocycles. The maximum absolute atomic E-state index is 4.02. The molecule has 0 nitrogen and oxygen atoms in total. The highest BCUT2D eigenvalue weighted by molar-refractivity contribution is 4.84. The molecule has 0 fully saturated rings. The molecule has 0 heterocycles. The molecule has 0 aliphatic rings. The van der Waals surface area contributed by atoms with Gasteiger partial charge in [-0.2, -0.15) is 0 Å². The third-order valence-corrected chi connectivity index (χ3v) is 3.96. The first-order valence-electron chi connectivity index (χ1n) is 7.17. The smallest absolute Gasteiger partial charge is 0.0208 e. The average Bonchev–Trinajstić information content (AvgIpc) is 2.25. The Labute approximate surface area is 104 Å². The summed E-state index contributed by atoms with van der Waals surface area (Å²) < 4.78 is 0. The Morgan fingerprint density at radius 2 is 1.62 bits per heavy atom. The minimum absolute atomic E-state index is 0.717. The van der Waals surface area contributed by atoms with E-state index in [-0.39, 0.29) is 0 Å². The van der Waals surface area contributed by atoms with Gasteiger partial charge >= 0.3 is 0 Å². The summed E-state index contributed by atoms with van der Waals surface area (Å²) in [5.41, 5.74) is 0. The van der Waals surface area contributed by atoms with Crippen LogP contribution in [0.25, 0.3) is 0 Å². The highest BCUT2D eigenvalue weighted by atomic mass is 14.2. The van der Waals surface area contributed by atoms with Crippen molar-refractivity contribution in [2.75, 3.05) is 0 Å². The molecule has 0 aromatic heterocycles. The normalized spacial score (nSPS) is 18.8. The zero-order chi connectivity index (χ0) is 12.6. The molecular formula is C16H32. The molecule has 0 amide bonds. The van der Waals surface area contributed by atoms with Crippen molar-refractivity contribution in [1.29, 1.82) is 0 Å². The molecule has 4 atom stereocenters. The number of hydrogen-bond donors (Lipinski definition) is 0. The van der Waals surface area contributed by atoms with Crippen LogP contribution in [-0.4, -0.2) is 0 Å². The van der Waals surface area contributed by atoms with E-state index in [2.05, 4.69) is 47.3 Å². The van der Waals surface area contributed by atoms with Crippen molar-refractivity contribution < 1.29 is 0 Å². The zero-order valence-electron chi connectivity index (χ0n) is 12.1. The Hall–Kier alpha value is -0.260. The van der Waals surface area contributed by atoms with Crippen molar-refractivity contribution in [3.63, 3.8) is 0 Å². The van der Waals surface area contributed by atoms with E-state index in [9.17, 15) is 0 Å². The van der Waals surface area contributed by atoms with E-state index in [4.69, 9.17) is 0 Å². The molecular weight excluding hydrogens is 192 g/mol. The fraction of sp³-hybridized carbons (Fsp3) is 0.875. The minimum atomic E-state index is 0.717. The summed E-state index contributed by atoms with van der Waals surface area (Å²) in [6, 6.07) is 0. The molecule has 0 bridgehead atoms. The second-order valence-corrected chi connectivity index (χ2v) is 5.76. The van der Waals surface area contributed by atoms with Crippen LogP contribution in [0, 0.1) is 23.7 Å². The second kappa shape index (κ2) is 8.84. The van der Waals surface area contributed by atoms with Crippen LogP contribution >= 0.6 is 0 Å². The lowest BCUT2D eigenvalue weighted by atomic mass is 9.80. The summed E-state index contributed by atoms with van der Waals surface area (Å²) in [7, 11) is 0. The summed E-state index contributed by atoms with van der Waals surface area (Å²) in [5.74, 6) is 3.23. The van der Waals surface area contributed by atoms with Gasteiger partial charge in [-0.15, -0.1) is 6.58 Å². The van der Waals surface area contributed by atoms with Crippen LogP contribution in [0.3, 0.4) is 0 Å². The molecule has 0 radical (unpaired) electrons. The van der Waals surface area contributed by atoms with Gasteiger partial charge in [-0.3, -0.25) is 0 Å². The first kappa shape index (κ1) is 15.7. The van der Waals surface area contributed by atoms with Gasteiger partial charge in [0, 0.05) is 0 Å². The topological polar surface area (TPSA) is 0 Å². The predicted molar refractivity (Wildman–Crippen MR) is 75.6 cm³/mol. The van der Waals surface area contributed by atoms with Crippen molar-refractivity contribution in [1.82, 2.24) is 0 Å². The quantitative estimate of drug-likeness (QED) is 0.441. The van der Waals surface area contributed by atoms with Gasteiger partial charge in [0.1, 0.15) is 0 Å². The van der Waals surface area contributed by atoms with Crippen molar-refractivity contribution in [2.24, 2.45) is 23.7 Å². The van der Waals surface area contributed by atoms with E-state index in [0.29, 0.717) is 5.92 Å². The Morgan fingerprint density at radius 3 is 2.06 bits per heavy atom. The Morgan fingerprint density at radius 1 is 1.00 bits per heavy atom. The Kier molecular flexibility index (Phi) is 8.70. The predicted octanol–water partition coefficient (Wildman–Crippen LogP) is 5.69. The van der Waals surface area contributed by atoms with Gasteiger partial charge in [-0.25, -0.2) is 0 Å². The van der Waals surface area contributed by atoms with Crippen LogP contribution in [0.1, 0.15) is 66.7 Å². The van der Waals surface area contributed by atoms with E-state index in [0.717, 1.165) is 17.8 Å². The fourth-order valence-electron chi connectivity index (χ4n) is 2.61. The summed E-state index contributed by atoms with van der Waals surface area (Å²) in [6.07, 6.45) is 8.85. The Balaban J connectivity index is 4.09. The van der Waals surface area contributed by atoms with Crippen LogP contribution in [0.5, 0.6) is 0 Å². The summed E-state index contributed by atoms with van der Waals surface area (Å²) in [6.45, 7) is 15.7. The van der Waals surface area contributed by atoms with E-state index < -0.39 is 0 Å². The molecule has 4 unspecified atom stereocenters. The van der Waals surface area contributed by atoms with E-state index in [1.54, 1.807) is 0 Å². The molecule has 0 aliphatic carbocycles. The molecule has 0 rings (SSSR count). The average molecular weight is 224 g/mol. The van der Waals surface area contributed by atoms with E-state index >= 15 is 0 Å². The van der Waals surface area contributed by atoms with E-state index in [1.165, 1.54) is 32.1 Å². The molecule has 0 saturated carbocycles. The van der Waals surface area contributed by atoms with Crippen molar-refractivity contribution in [3.8, 4) is 0 Å². The van der Waals surface area contributed by atoms with Gasteiger partial charge in [-0.05, 0) is 36.5 Å². The first-order chi connectivity index (χ1) is 7.54. The van der Waals surface area contributed by atoms with Crippen LogP contribution in [0.2, 0.25) is 0 Å². The first-order valence-corrected chi connectivity index (χ1v) is 7.17. The second-order valence-electron chi connectivity index (χ2n) is 5.76. The lowest BCUT2D eigenvalue weighted by molar-refractivity contribution is 0.286. The van der Waals surface area contributed by atoms with Crippen LogP contribution in [-0.2, 0) is 0 Å². The van der Waals surface area contributed by atoms with Crippen molar-refractivity contribution in [2.45, 2.75) is 66.7 Å². The van der Waals surface area contributed by atoms with Crippen molar-refractivity contribution >= 4 is 0 Å². The van der Waals surface area contributed by atoms with Gasteiger partial charge in [-0.1, -0.05) is 60.0 Å². The maximum atomic E-state index is 4.02. The zero-order valence-corrected chi connectivity index (χ0v) is 12.1. The third-order valence-electron chi connectivity index (χ3n) is 3.96. The summed E-state index contributed by atoms with van der Waals surface area (Å²) in [4.78, 5) is 0. The SMILES string of the molecule is C=CC(CC(C)CC)C(C)CC(C)CCC. The van der Waals surface area contributed by atoms with E-state index in [1.807, 2.05) is 0 Å². The lowest BCUT2D eigenvalue weighted by Gasteiger charge is -2.25.